The number of rotatable bonds is 4. The van der Waals surface area contributed by atoms with E-state index in [0.29, 0.717) is 0 Å². The minimum absolute atomic E-state index is 0.928. The maximum absolute atomic E-state index is 4.34. The molecule has 0 aromatic heterocycles. The van der Waals surface area contributed by atoms with Crippen LogP contribution in [0.4, 0.5) is 0 Å². The smallest absolute Gasteiger partial charge is 0.0389 e. The number of hydrogen-bond donors (Lipinski definition) is 0. The van der Waals surface area contributed by atoms with Crippen molar-refractivity contribution in [2.75, 3.05) is 6.54 Å². The van der Waals surface area contributed by atoms with Crippen molar-refractivity contribution < 1.29 is 0 Å². The van der Waals surface area contributed by atoms with Crippen molar-refractivity contribution in [1.29, 1.82) is 0 Å². The normalized spacial score (nSPS) is 10.9. The van der Waals surface area contributed by atoms with Crippen LogP contribution in [0.25, 0.3) is 0 Å². The summed E-state index contributed by atoms with van der Waals surface area (Å²) in [5.74, 6) is 0. The number of hydrogen-bond acceptors (Lipinski definition) is 1. The average Bonchev–Trinajstić information content (AvgIpc) is 2.15. The van der Waals surface area contributed by atoms with Crippen LogP contribution in [0, 0.1) is 0 Å². The molecule has 1 aromatic carbocycles. The van der Waals surface area contributed by atoms with Crippen molar-refractivity contribution in [1.82, 2.24) is 0 Å². The first kappa shape index (κ1) is 10.5. The van der Waals surface area contributed by atoms with E-state index in [1.807, 2.05) is 24.4 Å². The third kappa shape index (κ3) is 3.73. The molecule has 0 fully saturated rings. The number of aliphatic imine (C=N–C) groups is 1. The van der Waals surface area contributed by atoms with Crippen LogP contribution in [0.15, 0.2) is 33.7 Å². The summed E-state index contributed by atoms with van der Waals surface area (Å²) in [6.45, 7) is 3.10. The average molecular weight is 240 g/mol. The first-order chi connectivity index (χ1) is 6.34. The molecule has 1 nitrogen and oxygen atoms in total. The molecular weight excluding hydrogens is 226 g/mol. The quantitative estimate of drug-likeness (QED) is 0.562. The Morgan fingerprint density at radius 1 is 1.38 bits per heavy atom. The molecule has 0 aliphatic rings. The van der Waals surface area contributed by atoms with Gasteiger partial charge in [0.15, 0.2) is 0 Å². The molecular formula is C11H14BrN. The van der Waals surface area contributed by atoms with Gasteiger partial charge in [-0.25, -0.2) is 0 Å². The first-order valence-electron chi connectivity index (χ1n) is 4.59. The minimum Gasteiger partial charge on any atom is -0.293 e. The fourth-order valence-electron chi connectivity index (χ4n) is 0.992. The second kappa shape index (κ2) is 5.92. The highest BCUT2D eigenvalue weighted by Gasteiger charge is 1.92. The molecule has 0 amide bonds. The molecule has 0 aliphatic carbocycles. The zero-order valence-corrected chi connectivity index (χ0v) is 9.42. The lowest BCUT2D eigenvalue weighted by Crippen LogP contribution is -1.85. The van der Waals surface area contributed by atoms with Crippen molar-refractivity contribution in [3.63, 3.8) is 0 Å². The maximum atomic E-state index is 4.34. The van der Waals surface area contributed by atoms with Crippen molar-refractivity contribution >= 4 is 22.1 Å². The molecule has 1 aromatic rings. The second-order valence-corrected chi connectivity index (χ2v) is 3.76. The molecule has 0 saturated heterocycles. The zero-order valence-electron chi connectivity index (χ0n) is 7.83. The predicted octanol–water partition coefficient (Wildman–Crippen LogP) is 3.67. The number of nitrogens with zero attached hydrogens (tertiary/aromatic N) is 1. The lowest BCUT2D eigenvalue weighted by atomic mass is 10.2. The third-order valence-electron chi connectivity index (χ3n) is 1.78. The third-order valence-corrected chi connectivity index (χ3v) is 2.50. The topological polar surface area (TPSA) is 12.4 Å². The summed E-state index contributed by atoms with van der Waals surface area (Å²) in [4.78, 5) is 4.34. The van der Waals surface area contributed by atoms with E-state index >= 15 is 0 Å². The monoisotopic (exact) mass is 239 g/mol. The molecule has 0 unspecified atom stereocenters. The molecule has 0 saturated carbocycles. The van der Waals surface area contributed by atoms with E-state index in [9.17, 15) is 0 Å². The molecule has 2 heteroatoms. The van der Waals surface area contributed by atoms with Crippen LogP contribution in [0.1, 0.15) is 25.3 Å². The van der Waals surface area contributed by atoms with Gasteiger partial charge in [0.05, 0.1) is 0 Å². The molecule has 0 heterocycles. The van der Waals surface area contributed by atoms with E-state index in [1.54, 1.807) is 0 Å². The van der Waals surface area contributed by atoms with Crippen LogP contribution in [0.5, 0.6) is 0 Å². The van der Waals surface area contributed by atoms with E-state index in [-0.39, 0.29) is 0 Å². The highest BCUT2D eigenvalue weighted by molar-refractivity contribution is 9.10. The Hall–Kier alpha value is -0.630. The first-order valence-corrected chi connectivity index (χ1v) is 5.38. The second-order valence-electron chi connectivity index (χ2n) is 2.91. The summed E-state index contributed by atoms with van der Waals surface area (Å²) in [6.07, 6.45) is 4.30. The van der Waals surface area contributed by atoms with Gasteiger partial charge in [0.1, 0.15) is 0 Å². The largest absolute Gasteiger partial charge is 0.293 e. The fraction of sp³-hybridized carbons (Fsp3) is 0.364. The molecule has 0 spiro atoms. The van der Waals surface area contributed by atoms with Gasteiger partial charge in [-0.05, 0) is 12.5 Å². The van der Waals surface area contributed by atoms with Gasteiger partial charge in [-0.15, -0.1) is 0 Å². The molecule has 70 valence electrons. The van der Waals surface area contributed by atoms with Gasteiger partial charge in [0.2, 0.25) is 0 Å². The SMILES string of the molecule is CCCCN=Cc1ccccc1Br. The van der Waals surface area contributed by atoms with Gasteiger partial charge < -0.3 is 0 Å². The molecule has 0 N–H and O–H groups in total. The minimum atomic E-state index is 0.928. The van der Waals surface area contributed by atoms with E-state index in [1.165, 1.54) is 12.8 Å². The molecule has 1 rings (SSSR count). The summed E-state index contributed by atoms with van der Waals surface area (Å²) >= 11 is 3.47. The highest BCUT2D eigenvalue weighted by Crippen LogP contribution is 2.13. The lowest BCUT2D eigenvalue weighted by Gasteiger charge is -1.95. The number of benzene rings is 1. The van der Waals surface area contributed by atoms with Crippen LogP contribution in [-0.4, -0.2) is 12.8 Å². The van der Waals surface area contributed by atoms with Crippen molar-refractivity contribution in [3.05, 3.63) is 34.3 Å². The van der Waals surface area contributed by atoms with Gasteiger partial charge >= 0.3 is 0 Å². The molecule has 13 heavy (non-hydrogen) atoms. The van der Waals surface area contributed by atoms with Gasteiger partial charge in [-0.3, -0.25) is 4.99 Å². The van der Waals surface area contributed by atoms with Gasteiger partial charge in [-0.1, -0.05) is 47.5 Å². The van der Waals surface area contributed by atoms with E-state index in [2.05, 4.69) is 33.9 Å². The van der Waals surface area contributed by atoms with E-state index in [4.69, 9.17) is 0 Å². The van der Waals surface area contributed by atoms with Crippen molar-refractivity contribution in [3.8, 4) is 0 Å². The molecule has 0 atom stereocenters. The van der Waals surface area contributed by atoms with Crippen LogP contribution < -0.4 is 0 Å². The Morgan fingerprint density at radius 2 is 2.15 bits per heavy atom. The van der Waals surface area contributed by atoms with Gasteiger partial charge in [0, 0.05) is 22.8 Å². The molecule has 0 bridgehead atoms. The highest BCUT2D eigenvalue weighted by atomic mass is 79.9. The Morgan fingerprint density at radius 3 is 2.85 bits per heavy atom. The summed E-state index contributed by atoms with van der Waals surface area (Å²) in [5, 5.41) is 0. The molecule has 0 radical (unpaired) electrons. The maximum Gasteiger partial charge on any atom is 0.0389 e. The zero-order chi connectivity index (χ0) is 9.52. The van der Waals surface area contributed by atoms with Crippen LogP contribution in [-0.2, 0) is 0 Å². The van der Waals surface area contributed by atoms with E-state index in [0.717, 1.165) is 16.6 Å². The Kier molecular flexibility index (Phi) is 4.76. The van der Waals surface area contributed by atoms with Gasteiger partial charge in [0.25, 0.3) is 0 Å². The van der Waals surface area contributed by atoms with Gasteiger partial charge in [-0.2, -0.15) is 0 Å². The summed E-state index contributed by atoms with van der Waals surface area (Å²) in [7, 11) is 0. The van der Waals surface area contributed by atoms with Crippen molar-refractivity contribution in [2.24, 2.45) is 4.99 Å². The Bertz CT molecular complexity index is 281. The van der Waals surface area contributed by atoms with Crippen LogP contribution >= 0.6 is 15.9 Å². The van der Waals surface area contributed by atoms with Crippen LogP contribution in [0.3, 0.4) is 0 Å². The van der Waals surface area contributed by atoms with Crippen LogP contribution in [0.2, 0.25) is 0 Å². The summed E-state index contributed by atoms with van der Waals surface area (Å²) in [5.41, 5.74) is 1.15. The standard InChI is InChI=1S/C11H14BrN/c1-2-3-8-13-9-10-6-4-5-7-11(10)12/h4-7,9H,2-3,8H2,1H3. The summed E-state index contributed by atoms with van der Waals surface area (Å²) in [6, 6.07) is 8.11. The number of unbranched alkanes of at least 4 members (excludes halogenated alkanes) is 1. The van der Waals surface area contributed by atoms with E-state index < -0.39 is 0 Å². The van der Waals surface area contributed by atoms with Crippen molar-refractivity contribution in [2.45, 2.75) is 19.8 Å². The Labute approximate surface area is 88.0 Å². The fourth-order valence-corrected chi connectivity index (χ4v) is 1.38. The summed E-state index contributed by atoms with van der Waals surface area (Å²) < 4.78 is 1.11. The lowest BCUT2D eigenvalue weighted by molar-refractivity contribution is 0.810. The predicted molar refractivity (Wildman–Crippen MR) is 61.5 cm³/mol. The molecule has 0 aliphatic heterocycles. The Balaban J connectivity index is 2.53. The number of halogens is 1.